The summed E-state index contributed by atoms with van der Waals surface area (Å²) in [6, 6.07) is 12.8. The summed E-state index contributed by atoms with van der Waals surface area (Å²) >= 11 is 5.87. The van der Waals surface area contributed by atoms with Gasteiger partial charge in [0.2, 0.25) is 0 Å². The molecule has 2 rings (SSSR count). The molecule has 2 aromatic rings. The highest BCUT2D eigenvalue weighted by molar-refractivity contribution is 6.30. The number of pyridine rings is 1. The second kappa shape index (κ2) is 7.03. The molecule has 104 valence electrons. The van der Waals surface area contributed by atoms with Gasteiger partial charge in [-0.25, -0.2) is 0 Å². The number of carbonyl (C=O) groups excluding carboxylic acids is 1. The van der Waals surface area contributed by atoms with Gasteiger partial charge in [-0.05, 0) is 17.7 Å². The van der Waals surface area contributed by atoms with Gasteiger partial charge in [0.25, 0.3) is 5.91 Å². The van der Waals surface area contributed by atoms with Crippen LogP contribution in [0.4, 0.5) is 0 Å². The van der Waals surface area contributed by atoms with Crippen molar-refractivity contribution < 1.29 is 9.90 Å². The quantitative estimate of drug-likeness (QED) is 0.920. The lowest BCUT2D eigenvalue weighted by Gasteiger charge is -2.21. The molecular weight excluding hydrogens is 276 g/mol. The third kappa shape index (κ3) is 3.79. The molecule has 1 N–H and O–H groups in total. The first-order chi connectivity index (χ1) is 9.70. The van der Waals surface area contributed by atoms with E-state index in [1.165, 1.54) is 12.3 Å². The van der Waals surface area contributed by atoms with Crippen LogP contribution in [0.5, 0.6) is 0 Å². The van der Waals surface area contributed by atoms with Crippen LogP contribution in [0.3, 0.4) is 0 Å². The third-order valence-corrected chi connectivity index (χ3v) is 3.05. The fraction of sp³-hybridized carbons (Fsp3) is 0.200. The maximum Gasteiger partial charge on any atom is 0.272 e. The number of amides is 1. The van der Waals surface area contributed by atoms with E-state index < -0.39 is 0 Å². The summed E-state index contributed by atoms with van der Waals surface area (Å²) in [7, 11) is 0. The van der Waals surface area contributed by atoms with Crippen molar-refractivity contribution in [2.75, 3.05) is 13.2 Å². The van der Waals surface area contributed by atoms with Gasteiger partial charge >= 0.3 is 0 Å². The summed E-state index contributed by atoms with van der Waals surface area (Å²) in [5.41, 5.74) is 1.28. The highest BCUT2D eigenvalue weighted by Gasteiger charge is 2.17. The molecule has 5 heteroatoms. The van der Waals surface area contributed by atoms with Crippen LogP contribution in [-0.2, 0) is 6.54 Å². The molecule has 0 aliphatic heterocycles. The zero-order valence-electron chi connectivity index (χ0n) is 10.9. The number of hydrogen-bond donors (Lipinski definition) is 1. The monoisotopic (exact) mass is 290 g/mol. The molecule has 0 saturated carbocycles. The van der Waals surface area contributed by atoms with Gasteiger partial charge in [0.1, 0.15) is 5.69 Å². The summed E-state index contributed by atoms with van der Waals surface area (Å²) < 4.78 is 0. The zero-order chi connectivity index (χ0) is 14.4. The molecule has 4 nitrogen and oxygen atoms in total. The lowest BCUT2D eigenvalue weighted by atomic mass is 10.2. The van der Waals surface area contributed by atoms with E-state index in [1.54, 1.807) is 11.0 Å². The number of hydrogen-bond acceptors (Lipinski definition) is 3. The fourth-order valence-electron chi connectivity index (χ4n) is 1.86. The number of aromatic nitrogens is 1. The van der Waals surface area contributed by atoms with Gasteiger partial charge in [0.15, 0.2) is 0 Å². The highest BCUT2D eigenvalue weighted by Crippen LogP contribution is 2.12. The zero-order valence-corrected chi connectivity index (χ0v) is 11.6. The van der Waals surface area contributed by atoms with Crippen LogP contribution in [-0.4, -0.2) is 34.0 Å². The Hall–Kier alpha value is -1.91. The van der Waals surface area contributed by atoms with Gasteiger partial charge in [-0.3, -0.25) is 9.78 Å². The van der Waals surface area contributed by atoms with Crippen molar-refractivity contribution in [3.8, 4) is 0 Å². The van der Waals surface area contributed by atoms with Crippen molar-refractivity contribution in [2.45, 2.75) is 6.54 Å². The first-order valence-electron chi connectivity index (χ1n) is 6.26. The Bertz CT molecular complexity index is 575. The van der Waals surface area contributed by atoms with Gasteiger partial charge in [-0.1, -0.05) is 41.9 Å². The number of rotatable bonds is 5. The number of aliphatic hydroxyl groups excluding tert-OH is 1. The van der Waals surface area contributed by atoms with Gasteiger partial charge in [-0.2, -0.15) is 0 Å². The predicted octanol–water partition coefficient (Wildman–Crippen LogP) is 2.37. The average Bonchev–Trinajstić information content (AvgIpc) is 2.47. The van der Waals surface area contributed by atoms with E-state index in [9.17, 15) is 4.79 Å². The van der Waals surface area contributed by atoms with Crippen LogP contribution in [0.25, 0.3) is 0 Å². The van der Waals surface area contributed by atoms with Crippen molar-refractivity contribution >= 4 is 17.5 Å². The Labute approximate surface area is 122 Å². The second-order valence-corrected chi connectivity index (χ2v) is 4.73. The van der Waals surface area contributed by atoms with E-state index in [0.717, 1.165) is 5.56 Å². The summed E-state index contributed by atoms with van der Waals surface area (Å²) in [5, 5.41) is 9.59. The molecule has 0 atom stereocenters. The smallest absolute Gasteiger partial charge is 0.272 e. The molecular formula is C15H15ClN2O2. The largest absolute Gasteiger partial charge is 0.395 e. The van der Waals surface area contributed by atoms with Gasteiger partial charge in [-0.15, -0.1) is 0 Å². The summed E-state index contributed by atoms with van der Waals surface area (Å²) in [4.78, 5) is 18.0. The van der Waals surface area contributed by atoms with Crippen molar-refractivity contribution in [2.24, 2.45) is 0 Å². The number of halogens is 1. The minimum absolute atomic E-state index is 0.0981. The number of carbonyl (C=O) groups is 1. The van der Waals surface area contributed by atoms with E-state index in [4.69, 9.17) is 16.7 Å². The molecule has 0 saturated heterocycles. The van der Waals surface area contributed by atoms with E-state index in [-0.39, 0.29) is 24.8 Å². The van der Waals surface area contributed by atoms with Gasteiger partial charge in [0.05, 0.1) is 6.61 Å². The topological polar surface area (TPSA) is 53.4 Å². The van der Waals surface area contributed by atoms with Crippen LogP contribution in [0.1, 0.15) is 16.1 Å². The van der Waals surface area contributed by atoms with E-state index in [0.29, 0.717) is 11.6 Å². The molecule has 1 amide bonds. The molecule has 1 heterocycles. The van der Waals surface area contributed by atoms with E-state index in [1.807, 2.05) is 30.3 Å². The third-order valence-electron chi connectivity index (χ3n) is 2.81. The van der Waals surface area contributed by atoms with Crippen molar-refractivity contribution in [1.29, 1.82) is 0 Å². The Kier molecular flexibility index (Phi) is 5.09. The molecule has 1 aromatic carbocycles. The molecule has 0 radical (unpaired) electrons. The van der Waals surface area contributed by atoms with Crippen LogP contribution < -0.4 is 0 Å². The number of nitrogens with zero attached hydrogens (tertiary/aromatic N) is 2. The molecule has 0 aliphatic carbocycles. The SMILES string of the molecule is O=C(c1cc(Cl)ccn1)N(CCO)Cc1ccccc1. The molecule has 0 spiro atoms. The van der Waals surface area contributed by atoms with Crippen LogP contribution in [0, 0.1) is 0 Å². The van der Waals surface area contributed by atoms with Gasteiger partial charge in [0, 0.05) is 24.3 Å². The molecule has 1 aromatic heterocycles. The summed E-state index contributed by atoms with van der Waals surface area (Å²) in [6.07, 6.45) is 1.50. The Morgan fingerprint density at radius 2 is 2.00 bits per heavy atom. The number of aliphatic hydroxyl groups is 1. The predicted molar refractivity (Wildman–Crippen MR) is 77.5 cm³/mol. The standard InChI is InChI=1S/C15H15ClN2O2/c16-13-6-7-17-14(10-13)15(20)18(8-9-19)11-12-4-2-1-3-5-12/h1-7,10,19H,8-9,11H2. The average molecular weight is 291 g/mol. The molecule has 0 unspecified atom stereocenters. The van der Waals surface area contributed by atoms with Crippen LogP contribution in [0.2, 0.25) is 5.02 Å². The number of benzene rings is 1. The van der Waals surface area contributed by atoms with Crippen LogP contribution in [0.15, 0.2) is 48.7 Å². The van der Waals surface area contributed by atoms with Crippen molar-refractivity contribution in [1.82, 2.24) is 9.88 Å². The molecule has 20 heavy (non-hydrogen) atoms. The van der Waals surface area contributed by atoms with Crippen molar-refractivity contribution in [3.63, 3.8) is 0 Å². The summed E-state index contributed by atoms with van der Waals surface area (Å²) in [6.45, 7) is 0.579. The lowest BCUT2D eigenvalue weighted by molar-refractivity contribution is 0.0702. The molecule has 0 aliphatic rings. The van der Waals surface area contributed by atoms with Crippen LogP contribution >= 0.6 is 11.6 Å². The Morgan fingerprint density at radius 1 is 1.25 bits per heavy atom. The lowest BCUT2D eigenvalue weighted by Crippen LogP contribution is -2.33. The minimum atomic E-state index is -0.245. The van der Waals surface area contributed by atoms with Crippen molar-refractivity contribution in [3.05, 3.63) is 64.9 Å². The van der Waals surface area contributed by atoms with E-state index in [2.05, 4.69) is 4.98 Å². The second-order valence-electron chi connectivity index (χ2n) is 4.30. The fourth-order valence-corrected chi connectivity index (χ4v) is 2.02. The minimum Gasteiger partial charge on any atom is -0.395 e. The first kappa shape index (κ1) is 14.5. The summed E-state index contributed by atoms with van der Waals surface area (Å²) in [5.74, 6) is -0.245. The van der Waals surface area contributed by atoms with Gasteiger partial charge < -0.3 is 10.0 Å². The molecule has 0 fully saturated rings. The van der Waals surface area contributed by atoms with E-state index >= 15 is 0 Å². The maximum atomic E-state index is 12.4. The first-order valence-corrected chi connectivity index (χ1v) is 6.64. The highest BCUT2D eigenvalue weighted by atomic mass is 35.5. The normalized spacial score (nSPS) is 10.3. The Balaban J connectivity index is 2.18. The maximum absolute atomic E-state index is 12.4. The Morgan fingerprint density at radius 3 is 2.65 bits per heavy atom. The molecule has 0 bridgehead atoms.